The van der Waals surface area contributed by atoms with E-state index in [1.807, 2.05) is 4.90 Å². The molecule has 8 nitrogen and oxygen atoms in total. The van der Waals surface area contributed by atoms with E-state index in [1.165, 1.54) is 30.3 Å². The lowest BCUT2D eigenvalue weighted by Gasteiger charge is -2.33. The van der Waals surface area contributed by atoms with Gasteiger partial charge >= 0.3 is 12.5 Å². The molecule has 0 saturated carbocycles. The standard InChI is InChI=1S/C32H29F6N5O3/c1-30(2,3)29(45)39-17-18-8-11-24(31(33,34)35)23(14-18)28(44)40-20-9-10-22-25(16-20)41-26(42-27(22)43-12-5-13-43)19-6-4-7-21(15-19)46-32(36,37)38/h4,6-11,14-16H,5,12-13,17H2,1-3H3,(H,39,45)(H,40,44). The van der Waals surface area contributed by atoms with E-state index in [-0.39, 0.29) is 29.5 Å². The van der Waals surface area contributed by atoms with Gasteiger partial charge in [0.25, 0.3) is 5.91 Å². The van der Waals surface area contributed by atoms with Crippen LogP contribution in [-0.2, 0) is 17.5 Å². The number of fused-ring (bicyclic) bond motifs is 1. The van der Waals surface area contributed by atoms with Gasteiger partial charge in [-0.1, -0.05) is 39.0 Å². The Morgan fingerprint density at radius 3 is 2.28 bits per heavy atom. The average molecular weight is 646 g/mol. The van der Waals surface area contributed by atoms with Crippen LogP contribution in [0.3, 0.4) is 0 Å². The van der Waals surface area contributed by atoms with E-state index in [0.29, 0.717) is 35.4 Å². The number of ether oxygens (including phenoxy) is 1. The number of alkyl halides is 6. The van der Waals surface area contributed by atoms with Crippen LogP contribution in [0.4, 0.5) is 37.8 Å². The SMILES string of the molecule is CC(C)(C)C(=O)NCc1ccc(C(F)(F)F)c(C(=O)Nc2ccc3c(N4CCC4)nc(-c4cccc(OC(F)(F)F)c4)nc3c2)c1. The molecule has 0 unspecified atom stereocenters. The third kappa shape index (κ3) is 7.49. The lowest BCUT2D eigenvalue weighted by atomic mass is 9.95. The first-order chi connectivity index (χ1) is 21.5. The van der Waals surface area contributed by atoms with Crippen molar-refractivity contribution in [2.75, 3.05) is 23.3 Å². The van der Waals surface area contributed by atoms with Crippen LogP contribution < -0.4 is 20.3 Å². The summed E-state index contributed by atoms with van der Waals surface area (Å²) in [5, 5.41) is 5.74. The highest BCUT2D eigenvalue weighted by Crippen LogP contribution is 2.35. The first-order valence-electron chi connectivity index (χ1n) is 14.2. The number of benzene rings is 3. The number of carbonyl (C=O) groups is 2. The van der Waals surface area contributed by atoms with E-state index in [9.17, 15) is 35.9 Å². The van der Waals surface area contributed by atoms with Gasteiger partial charge in [-0.3, -0.25) is 9.59 Å². The molecule has 2 amide bonds. The lowest BCUT2D eigenvalue weighted by molar-refractivity contribution is -0.274. The maximum absolute atomic E-state index is 13.9. The number of carbonyl (C=O) groups excluding carboxylic acids is 2. The number of rotatable bonds is 7. The molecule has 2 heterocycles. The summed E-state index contributed by atoms with van der Waals surface area (Å²) in [6.07, 6.45) is -8.82. The molecule has 0 atom stereocenters. The number of hydrogen-bond acceptors (Lipinski definition) is 6. The number of hydrogen-bond donors (Lipinski definition) is 2. The van der Waals surface area contributed by atoms with E-state index in [0.717, 1.165) is 30.7 Å². The van der Waals surface area contributed by atoms with Gasteiger partial charge in [0.1, 0.15) is 11.6 Å². The third-order valence-electron chi connectivity index (χ3n) is 7.18. The molecule has 4 aromatic rings. The highest BCUT2D eigenvalue weighted by molar-refractivity contribution is 6.06. The number of anilines is 2. The van der Waals surface area contributed by atoms with E-state index in [1.54, 1.807) is 26.8 Å². The fourth-order valence-electron chi connectivity index (χ4n) is 4.70. The minimum absolute atomic E-state index is 0.0846. The second-order valence-electron chi connectivity index (χ2n) is 11.8. The molecule has 0 radical (unpaired) electrons. The fourth-order valence-corrected chi connectivity index (χ4v) is 4.70. The fraction of sp³-hybridized carbons (Fsp3) is 0.312. The molecule has 1 fully saturated rings. The van der Waals surface area contributed by atoms with Crippen molar-refractivity contribution in [2.45, 2.75) is 46.3 Å². The predicted molar refractivity (Wildman–Crippen MR) is 159 cm³/mol. The van der Waals surface area contributed by atoms with Crippen molar-refractivity contribution in [2.24, 2.45) is 5.41 Å². The summed E-state index contributed by atoms with van der Waals surface area (Å²) in [7, 11) is 0. The van der Waals surface area contributed by atoms with E-state index in [4.69, 9.17) is 0 Å². The zero-order valence-corrected chi connectivity index (χ0v) is 24.9. The Morgan fingerprint density at radius 1 is 0.913 bits per heavy atom. The Kier molecular flexibility index (Phi) is 8.58. The summed E-state index contributed by atoms with van der Waals surface area (Å²) >= 11 is 0. The Labute approximate surface area is 259 Å². The quantitative estimate of drug-likeness (QED) is 0.204. The van der Waals surface area contributed by atoms with Gasteiger partial charge in [-0.2, -0.15) is 13.2 Å². The second kappa shape index (κ2) is 12.1. The van der Waals surface area contributed by atoms with Crippen molar-refractivity contribution in [3.63, 3.8) is 0 Å². The van der Waals surface area contributed by atoms with Crippen molar-refractivity contribution >= 4 is 34.2 Å². The number of nitrogens with zero attached hydrogens (tertiary/aromatic N) is 3. The molecule has 2 N–H and O–H groups in total. The summed E-state index contributed by atoms with van der Waals surface area (Å²) in [4.78, 5) is 36.6. The summed E-state index contributed by atoms with van der Waals surface area (Å²) < 4.78 is 84.2. The highest BCUT2D eigenvalue weighted by atomic mass is 19.4. The third-order valence-corrected chi connectivity index (χ3v) is 7.18. The Bertz CT molecular complexity index is 1800. The molecule has 0 spiro atoms. The smallest absolute Gasteiger partial charge is 0.406 e. The molecule has 1 aliphatic rings. The van der Waals surface area contributed by atoms with Gasteiger partial charge in [-0.05, 0) is 54.4 Å². The minimum atomic E-state index is -4.90. The molecule has 1 aromatic heterocycles. The first kappa shape index (κ1) is 32.5. The molecule has 5 rings (SSSR count). The molecule has 14 heteroatoms. The normalized spacial score (nSPS) is 13.7. The van der Waals surface area contributed by atoms with Crippen LogP contribution in [0.5, 0.6) is 5.75 Å². The molecule has 0 bridgehead atoms. The second-order valence-corrected chi connectivity index (χ2v) is 11.8. The van der Waals surface area contributed by atoms with Gasteiger partial charge in [0.05, 0.1) is 16.6 Å². The topological polar surface area (TPSA) is 96.5 Å². The molecule has 1 aliphatic heterocycles. The van der Waals surface area contributed by atoms with Crippen molar-refractivity contribution in [1.29, 1.82) is 0 Å². The highest BCUT2D eigenvalue weighted by Gasteiger charge is 2.36. The van der Waals surface area contributed by atoms with Crippen LogP contribution in [-0.4, -0.2) is 41.2 Å². The number of halogens is 6. The summed E-state index contributed by atoms with van der Waals surface area (Å²) in [6, 6.07) is 12.8. The molecular weight excluding hydrogens is 616 g/mol. The van der Waals surface area contributed by atoms with Crippen LogP contribution >= 0.6 is 0 Å². The Morgan fingerprint density at radius 2 is 1.65 bits per heavy atom. The van der Waals surface area contributed by atoms with Crippen molar-refractivity contribution in [1.82, 2.24) is 15.3 Å². The molecular formula is C32H29F6N5O3. The Balaban J connectivity index is 1.48. The van der Waals surface area contributed by atoms with Crippen molar-refractivity contribution < 1.29 is 40.7 Å². The van der Waals surface area contributed by atoms with E-state index < -0.39 is 40.7 Å². The summed E-state index contributed by atoms with van der Waals surface area (Å²) in [5.74, 6) is -1.19. The zero-order chi connectivity index (χ0) is 33.4. The maximum atomic E-state index is 13.9. The van der Waals surface area contributed by atoms with Crippen LogP contribution in [0, 0.1) is 5.41 Å². The average Bonchev–Trinajstić information content (AvgIpc) is 2.92. The zero-order valence-electron chi connectivity index (χ0n) is 24.9. The first-order valence-corrected chi connectivity index (χ1v) is 14.2. The van der Waals surface area contributed by atoms with Gasteiger partial charge in [0.2, 0.25) is 5.91 Å². The van der Waals surface area contributed by atoms with Crippen LogP contribution in [0.15, 0.2) is 60.7 Å². The summed E-state index contributed by atoms with van der Waals surface area (Å²) in [5.41, 5.74) is -1.54. The largest absolute Gasteiger partial charge is 0.573 e. The molecule has 0 aliphatic carbocycles. The number of aromatic nitrogens is 2. The van der Waals surface area contributed by atoms with Crippen LogP contribution in [0.25, 0.3) is 22.3 Å². The monoisotopic (exact) mass is 645 g/mol. The van der Waals surface area contributed by atoms with Crippen molar-refractivity contribution in [3.05, 3.63) is 77.4 Å². The van der Waals surface area contributed by atoms with Gasteiger partial charge in [0, 0.05) is 41.7 Å². The van der Waals surface area contributed by atoms with Gasteiger partial charge in [0.15, 0.2) is 5.82 Å². The Hall–Kier alpha value is -4.88. The van der Waals surface area contributed by atoms with Crippen molar-refractivity contribution in [3.8, 4) is 17.1 Å². The van der Waals surface area contributed by atoms with Crippen LogP contribution in [0.2, 0.25) is 0 Å². The van der Waals surface area contributed by atoms with Gasteiger partial charge in [-0.15, -0.1) is 13.2 Å². The van der Waals surface area contributed by atoms with E-state index >= 15 is 0 Å². The summed E-state index contributed by atoms with van der Waals surface area (Å²) in [6.45, 7) is 6.37. The van der Waals surface area contributed by atoms with Gasteiger partial charge < -0.3 is 20.3 Å². The van der Waals surface area contributed by atoms with Crippen LogP contribution in [0.1, 0.15) is 48.7 Å². The number of amides is 2. The molecule has 1 saturated heterocycles. The molecule has 242 valence electrons. The lowest BCUT2D eigenvalue weighted by Crippen LogP contribution is -2.37. The van der Waals surface area contributed by atoms with Gasteiger partial charge in [-0.25, -0.2) is 9.97 Å². The predicted octanol–water partition coefficient (Wildman–Crippen LogP) is 7.34. The molecule has 46 heavy (non-hydrogen) atoms. The molecule has 3 aromatic carbocycles. The maximum Gasteiger partial charge on any atom is 0.573 e. The number of nitrogens with one attached hydrogen (secondary N) is 2. The van der Waals surface area contributed by atoms with E-state index in [2.05, 4.69) is 25.3 Å². The minimum Gasteiger partial charge on any atom is -0.406 e.